The van der Waals surface area contributed by atoms with Gasteiger partial charge in [-0.15, -0.1) is 0 Å². The first-order chi connectivity index (χ1) is 14.8. The van der Waals surface area contributed by atoms with Crippen molar-refractivity contribution in [2.24, 2.45) is 0 Å². The Morgan fingerprint density at radius 3 is 2.10 bits per heavy atom. The number of carbonyl (C=O) groups is 2. The number of anilines is 1. The van der Waals surface area contributed by atoms with E-state index >= 15 is 0 Å². The number of likely N-dealkylation sites (tertiary alicyclic amines) is 1. The summed E-state index contributed by atoms with van der Waals surface area (Å²) in [6.45, 7) is 7.26. The minimum atomic E-state index is -0.291. The zero-order valence-corrected chi connectivity index (χ0v) is 18.8. The minimum Gasteiger partial charge on any atom is -0.447 e. The minimum absolute atomic E-state index is 0.0000701. The number of hydrogen-bond acceptors (Lipinski definition) is 4. The molecule has 6 nitrogen and oxygen atoms in total. The maximum absolute atomic E-state index is 13.3. The van der Waals surface area contributed by atoms with Crippen molar-refractivity contribution in [3.8, 4) is 0 Å². The Morgan fingerprint density at radius 1 is 1.00 bits per heavy atom. The van der Waals surface area contributed by atoms with Crippen LogP contribution in [0.4, 0.5) is 14.9 Å². The van der Waals surface area contributed by atoms with E-state index in [1.54, 1.807) is 19.1 Å². The molecule has 2 amide bonds. The molecule has 1 aromatic rings. The van der Waals surface area contributed by atoms with Crippen LogP contribution in [0.3, 0.4) is 0 Å². The molecular weight excluding hydrogens is 397 g/mol. The van der Waals surface area contributed by atoms with Crippen molar-refractivity contribution in [2.45, 2.75) is 89.6 Å². The van der Waals surface area contributed by atoms with E-state index in [1.807, 2.05) is 23.6 Å². The number of ether oxygens (including phenoxy) is 1. The molecule has 1 aromatic carbocycles. The van der Waals surface area contributed by atoms with Crippen LogP contribution in [-0.4, -0.2) is 65.2 Å². The van der Waals surface area contributed by atoms with E-state index in [-0.39, 0.29) is 42.0 Å². The largest absolute Gasteiger partial charge is 0.447 e. The van der Waals surface area contributed by atoms with Gasteiger partial charge in [0, 0.05) is 49.9 Å². The van der Waals surface area contributed by atoms with Crippen molar-refractivity contribution in [2.75, 3.05) is 18.0 Å². The van der Waals surface area contributed by atoms with Gasteiger partial charge in [0.2, 0.25) is 5.91 Å². The van der Waals surface area contributed by atoms with Gasteiger partial charge in [-0.1, -0.05) is 0 Å². The first-order valence-electron chi connectivity index (χ1n) is 11.6. The lowest BCUT2D eigenvalue weighted by Gasteiger charge is -2.46. The van der Waals surface area contributed by atoms with Crippen LogP contribution in [0, 0.1) is 5.82 Å². The molecule has 3 saturated heterocycles. The van der Waals surface area contributed by atoms with E-state index in [9.17, 15) is 14.0 Å². The first kappa shape index (κ1) is 22.1. The molecule has 3 heterocycles. The summed E-state index contributed by atoms with van der Waals surface area (Å²) in [6, 6.07) is 7.37. The average molecular weight is 432 g/mol. The van der Waals surface area contributed by atoms with Crippen LogP contribution in [0.2, 0.25) is 0 Å². The van der Waals surface area contributed by atoms with Crippen molar-refractivity contribution in [3.63, 3.8) is 0 Å². The average Bonchev–Trinajstić information content (AvgIpc) is 2.99. The van der Waals surface area contributed by atoms with Gasteiger partial charge >= 0.3 is 6.09 Å². The Morgan fingerprint density at radius 2 is 1.58 bits per heavy atom. The fourth-order valence-corrected chi connectivity index (χ4v) is 5.77. The Balaban J connectivity index is 1.36. The van der Waals surface area contributed by atoms with Crippen LogP contribution in [0.25, 0.3) is 0 Å². The molecule has 2 bridgehead atoms. The molecule has 170 valence electrons. The van der Waals surface area contributed by atoms with Crippen molar-refractivity contribution < 1.29 is 18.7 Å². The molecule has 0 saturated carbocycles. The smallest absolute Gasteiger partial charge is 0.410 e. The predicted octanol–water partition coefficient (Wildman–Crippen LogP) is 4.18. The molecular formula is C24H34FN3O3. The zero-order chi connectivity index (χ0) is 22.1. The van der Waals surface area contributed by atoms with Crippen LogP contribution in [-0.2, 0) is 9.53 Å². The summed E-state index contributed by atoms with van der Waals surface area (Å²) in [6.07, 6.45) is 5.70. The van der Waals surface area contributed by atoms with Gasteiger partial charge in [-0.3, -0.25) is 4.79 Å². The molecule has 3 fully saturated rings. The highest BCUT2D eigenvalue weighted by molar-refractivity contribution is 5.92. The number of halogens is 1. The molecule has 0 N–H and O–H groups in total. The van der Waals surface area contributed by atoms with Gasteiger partial charge in [-0.25, -0.2) is 9.18 Å². The Labute approximate surface area is 184 Å². The monoisotopic (exact) mass is 431 g/mol. The topological polar surface area (TPSA) is 53.1 Å². The summed E-state index contributed by atoms with van der Waals surface area (Å²) in [4.78, 5) is 31.2. The Kier molecular flexibility index (Phi) is 6.51. The standard InChI is InChI=1S/C24H34FN3O3/c1-16(2)31-24(30)28-21-8-9-22(28)15-23(14-21)26-12-10-20(11-13-26)27(17(3)29)19-6-4-18(25)5-7-19/h4-7,16,20-23H,8-15H2,1-3H3. The van der Waals surface area contributed by atoms with Gasteiger partial charge in [-0.2, -0.15) is 0 Å². The van der Waals surface area contributed by atoms with E-state index in [1.165, 1.54) is 12.1 Å². The summed E-state index contributed by atoms with van der Waals surface area (Å²) in [7, 11) is 0. The van der Waals surface area contributed by atoms with E-state index in [4.69, 9.17) is 4.74 Å². The highest BCUT2D eigenvalue weighted by atomic mass is 19.1. The molecule has 0 aliphatic carbocycles. The molecule has 2 atom stereocenters. The van der Waals surface area contributed by atoms with E-state index in [0.29, 0.717) is 6.04 Å². The number of carbonyl (C=O) groups excluding carboxylic acids is 2. The number of fused-ring (bicyclic) bond motifs is 2. The maximum atomic E-state index is 13.3. The molecule has 31 heavy (non-hydrogen) atoms. The third-order valence-corrected chi connectivity index (χ3v) is 7.08. The summed E-state index contributed by atoms with van der Waals surface area (Å²) in [5.41, 5.74) is 0.766. The summed E-state index contributed by atoms with van der Waals surface area (Å²) in [5, 5.41) is 0. The fraction of sp³-hybridized carbons (Fsp3) is 0.667. The second-order valence-corrected chi connectivity index (χ2v) is 9.48. The van der Waals surface area contributed by atoms with Gasteiger partial charge in [-0.05, 0) is 76.6 Å². The van der Waals surface area contributed by atoms with Gasteiger partial charge in [0.25, 0.3) is 0 Å². The molecule has 4 rings (SSSR count). The fourth-order valence-electron chi connectivity index (χ4n) is 5.77. The summed E-state index contributed by atoms with van der Waals surface area (Å²) < 4.78 is 18.8. The molecule has 0 aromatic heterocycles. The number of hydrogen-bond donors (Lipinski definition) is 0. The number of piperidine rings is 2. The van der Waals surface area contributed by atoms with Crippen molar-refractivity contribution in [3.05, 3.63) is 30.1 Å². The van der Waals surface area contributed by atoms with E-state index in [0.717, 1.165) is 57.3 Å². The van der Waals surface area contributed by atoms with Gasteiger partial charge in [0.05, 0.1) is 6.10 Å². The Hall–Kier alpha value is -2.15. The number of rotatable bonds is 4. The Bertz CT molecular complexity index is 778. The van der Waals surface area contributed by atoms with Crippen LogP contribution in [0.15, 0.2) is 24.3 Å². The molecule has 3 aliphatic heterocycles. The third-order valence-electron chi connectivity index (χ3n) is 7.08. The van der Waals surface area contributed by atoms with Gasteiger partial charge < -0.3 is 19.4 Å². The lowest BCUT2D eigenvalue weighted by atomic mass is 9.93. The second kappa shape index (κ2) is 9.15. The quantitative estimate of drug-likeness (QED) is 0.718. The van der Waals surface area contributed by atoms with Gasteiger partial charge in [0.1, 0.15) is 5.82 Å². The molecule has 7 heteroatoms. The van der Waals surface area contributed by atoms with Crippen molar-refractivity contribution in [1.82, 2.24) is 9.80 Å². The van der Waals surface area contributed by atoms with Gasteiger partial charge in [0.15, 0.2) is 0 Å². The molecule has 0 spiro atoms. The summed E-state index contributed by atoms with van der Waals surface area (Å²) in [5.74, 6) is -0.291. The maximum Gasteiger partial charge on any atom is 0.410 e. The highest BCUT2D eigenvalue weighted by Gasteiger charge is 2.46. The lowest BCUT2D eigenvalue weighted by molar-refractivity contribution is -0.117. The van der Waals surface area contributed by atoms with Crippen LogP contribution in [0.1, 0.15) is 59.3 Å². The SMILES string of the molecule is CC(=O)N(c1ccc(F)cc1)C1CCN(C2CC3CCC(C2)N3C(=O)OC(C)C)CC1. The first-order valence-corrected chi connectivity index (χ1v) is 11.6. The number of benzene rings is 1. The predicted molar refractivity (Wildman–Crippen MR) is 117 cm³/mol. The number of nitrogens with zero attached hydrogens (tertiary/aromatic N) is 3. The molecule has 0 radical (unpaired) electrons. The van der Waals surface area contributed by atoms with Crippen LogP contribution < -0.4 is 4.90 Å². The van der Waals surface area contributed by atoms with Crippen molar-refractivity contribution in [1.29, 1.82) is 0 Å². The third kappa shape index (κ3) is 4.71. The highest BCUT2D eigenvalue weighted by Crippen LogP contribution is 2.39. The molecule has 3 aliphatic rings. The van der Waals surface area contributed by atoms with Crippen LogP contribution in [0.5, 0.6) is 0 Å². The molecule has 2 unspecified atom stereocenters. The van der Waals surface area contributed by atoms with Crippen molar-refractivity contribution >= 4 is 17.7 Å². The van der Waals surface area contributed by atoms with Crippen LogP contribution >= 0.6 is 0 Å². The lowest BCUT2D eigenvalue weighted by Crippen LogP contribution is -2.55. The zero-order valence-electron chi connectivity index (χ0n) is 18.8. The normalized spacial score (nSPS) is 26.9. The van der Waals surface area contributed by atoms with E-state index < -0.39 is 0 Å². The second-order valence-electron chi connectivity index (χ2n) is 9.48. The van der Waals surface area contributed by atoms with E-state index in [2.05, 4.69) is 4.90 Å². The summed E-state index contributed by atoms with van der Waals surface area (Å²) >= 11 is 0. The number of amides is 2.